The fraction of sp³-hybridized carbons (Fsp3) is 0.231. The van der Waals surface area contributed by atoms with Gasteiger partial charge in [-0.3, -0.25) is 0 Å². The average molecular weight is 228 g/mol. The summed E-state index contributed by atoms with van der Waals surface area (Å²) in [5, 5.41) is 1.05. The predicted octanol–water partition coefficient (Wildman–Crippen LogP) is 2.12. The topological polar surface area (TPSA) is 51.6 Å². The van der Waals surface area contributed by atoms with Crippen LogP contribution in [0.25, 0.3) is 10.9 Å². The van der Waals surface area contributed by atoms with E-state index in [1.165, 1.54) is 6.08 Å². The Balaban J connectivity index is 2.41. The monoisotopic (exact) mass is 228 g/mol. The maximum Gasteiger partial charge on any atom is 0.234 e. The molecule has 0 spiro atoms. The third-order valence-corrected chi connectivity index (χ3v) is 2.51. The summed E-state index contributed by atoms with van der Waals surface area (Å²) in [7, 11) is 1.59. The van der Waals surface area contributed by atoms with E-state index in [-0.39, 0.29) is 0 Å². The fourth-order valence-corrected chi connectivity index (χ4v) is 1.72. The molecule has 0 N–H and O–H groups in total. The quantitative estimate of drug-likeness (QED) is 0.595. The molecule has 1 heterocycles. The first-order valence-corrected chi connectivity index (χ1v) is 5.31. The van der Waals surface area contributed by atoms with Crippen LogP contribution >= 0.6 is 0 Å². The number of carbonyl (C=O) groups excluding carboxylic acids is 1. The number of isocyanates is 1. The Bertz CT molecular complexity index is 575. The third kappa shape index (κ3) is 2.49. The van der Waals surface area contributed by atoms with Crippen molar-refractivity contribution in [2.24, 2.45) is 4.99 Å². The van der Waals surface area contributed by atoms with Gasteiger partial charge in [-0.05, 0) is 18.6 Å². The van der Waals surface area contributed by atoms with Gasteiger partial charge in [-0.15, -0.1) is 0 Å². The summed E-state index contributed by atoms with van der Waals surface area (Å²) in [4.78, 5) is 18.0. The highest BCUT2D eigenvalue weighted by molar-refractivity contribution is 5.80. The molecule has 0 unspecified atom stereocenters. The average Bonchev–Trinajstić information content (AvgIpc) is 2.38. The van der Waals surface area contributed by atoms with E-state index in [1.807, 2.05) is 30.3 Å². The predicted molar refractivity (Wildman–Crippen MR) is 65.0 cm³/mol. The Hall–Kier alpha value is -2.19. The molecule has 1 aromatic carbocycles. The van der Waals surface area contributed by atoms with Crippen molar-refractivity contribution in [2.45, 2.75) is 6.42 Å². The number of ether oxygens (including phenoxy) is 1. The van der Waals surface area contributed by atoms with Gasteiger partial charge in [0.2, 0.25) is 12.0 Å². The molecule has 0 aliphatic heterocycles. The van der Waals surface area contributed by atoms with E-state index in [2.05, 4.69) is 9.98 Å². The largest absolute Gasteiger partial charge is 0.481 e. The summed E-state index contributed by atoms with van der Waals surface area (Å²) < 4.78 is 5.23. The smallest absolute Gasteiger partial charge is 0.234 e. The minimum Gasteiger partial charge on any atom is -0.481 e. The number of aliphatic imine (C=N–C) groups is 1. The molecule has 86 valence electrons. The lowest BCUT2D eigenvalue weighted by Crippen LogP contribution is -1.98. The molecular weight excluding hydrogens is 216 g/mol. The number of benzene rings is 1. The Morgan fingerprint density at radius 1 is 1.41 bits per heavy atom. The van der Waals surface area contributed by atoms with Crippen LogP contribution in [0.2, 0.25) is 0 Å². The summed E-state index contributed by atoms with van der Waals surface area (Å²) in [5.74, 6) is 0.588. The molecule has 4 heteroatoms. The van der Waals surface area contributed by atoms with Crippen LogP contribution in [0.15, 0.2) is 35.3 Å². The number of methoxy groups -OCH3 is 1. The van der Waals surface area contributed by atoms with Gasteiger partial charge in [0.1, 0.15) is 0 Å². The van der Waals surface area contributed by atoms with Crippen molar-refractivity contribution in [2.75, 3.05) is 13.7 Å². The molecule has 0 aliphatic carbocycles. The van der Waals surface area contributed by atoms with E-state index in [0.717, 1.165) is 16.5 Å². The number of fused-ring (bicyclic) bond motifs is 1. The van der Waals surface area contributed by atoms with E-state index in [1.54, 1.807) is 7.11 Å². The van der Waals surface area contributed by atoms with Crippen molar-refractivity contribution in [1.29, 1.82) is 0 Å². The van der Waals surface area contributed by atoms with Crippen LogP contribution < -0.4 is 4.74 Å². The summed E-state index contributed by atoms with van der Waals surface area (Å²) in [5.41, 5.74) is 1.84. The molecule has 17 heavy (non-hydrogen) atoms. The van der Waals surface area contributed by atoms with Gasteiger partial charge in [0.05, 0.1) is 19.2 Å². The van der Waals surface area contributed by atoms with E-state index in [0.29, 0.717) is 18.8 Å². The molecule has 0 saturated carbocycles. The highest BCUT2D eigenvalue weighted by atomic mass is 16.5. The molecule has 2 aromatic rings. The first-order chi connectivity index (χ1) is 8.35. The number of aromatic nitrogens is 1. The van der Waals surface area contributed by atoms with Gasteiger partial charge in [-0.2, -0.15) is 0 Å². The minimum atomic E-state index is 0.403. The van der Waals surface area contributed by atoms with E-state index >= 15 is 0 Å². The van der Waals surface area contributed by atoms with Gasteiger partial charge < -0.3 is 4.74 Å². The first kappa shape index (κ1) is 11.3. The second-order valence-corrected chi connectivity index (χ2v) is 3.57. The van der Waals surface area contributed by atoms with Crippen LogP contribution in [0.1, 0.15) is 5.56 Å². The van der Waals surface area contributed by atoms with Crippen LogP contribution in [0.5, 0.6) is 5.88 Å². The Labute approximate surface area is 99.0 Å². The van der Waals surface area contributed by atoms with Gasteiger partial charge in [0.15, 0.2) is 0 Å². The highest BCUT2D eigenvalue weighted by Gasteiger charge is 2.06. The van der Waals surface area contributed by atoms with Crippen LogP contribution in [0.3, 0.4) is 0 Å². The van der Waals surface area contributed by atoms with Gasteiger partial charge in [0, 0.05) is 10.9 Å². The minimum absolute atomic E-state index is 0.403. The number of nitrogens with zero attached hydrogens (tertiary/aromatic N) is 2. The zero-order valence-corrected chi connectivity index (χ0v) is 9.51. The normalized spacial score (nSPS) is 9.94. The fourth-order valence-electron chi connectivity index (χ4n) is 1.72. The molecule has 4 nitrogen and oxygen atoms in total. The van der Waals surface area contributed by atoms with Crippen molar-refractivity contribution in [3.8, 4) is 5.88 Å². The zero-order valence-electron chi connectivity index (χ0n) is 9.51. The summed E-state index contributed by atoms with van der Waals surface area (Å²) in [6, 6.07) is 9.84. The van der Waals surface area contributed by atoms with Crippen LogP contribution in [0, 0.1) is 0 Å². The van der Waals surface area contributed by atoms with Crippen molar-refractivity contribution >= 4 is 17.0 Å². The molecule has 0 radical (unpaired) electrons. The van der Waals surface area contributed by atoms with Gasteiger partial charge in [0.25, 0.3) is 0 Å². The lowest BCUT2D eigenvalue weighted by atomic mass is 10.1. The molecule has 0 fully saturated rings. The van der Waals surface area contributed by atoms with Crippen LogP contribution in [-0.4, -0.2) is 24.7 Å². The van der Waals surface area contributed by atoms with E-state index in [9.17, 15) is 4.79 Å². The lowest BCUT2D eigenvalue weighted by Gasteiger charge is -2.07. The molecule has 1 aromatic heterocycles. The molecule has 0 bridgehead atoms. The number of para-hydroxylation sites is 1. The van der Waals surface area contributed by atoms with Crippen molar-refractivity contribution < 1.29 is 9.53 Å². The number of pyridine rings is 1. The maximum atomic E-state index is 10.0. The van der Waals surface area contributed by atoms with Gasteiger partial charge in [-0.1, -0.05) is 18.2 Å². The van der Waals surface area contributed by atoms with Gasteiger partial charge in [-0.25, -0.2) is 14.8 Å². The Morgan fingerprint density at radius 3 is 3.00 bits per heavy atom. The van der Waals surface area contributed by atoms with Crippen LogP contribution in [0.4, 0.5) is 0 Å². The number of hydrogen-bond acceptors (Lipinski definition) is 4. The zero-order chi connectivity index (χ0) is 12.1. The number of rotatable bonds is 4. The molecular formula is C13H12N2O2. The maximum absolute atomic E-state index is 10.0. The molecule has 0 atom stereocenters. The van der Waals surface area contributed by atoms with Gasteiger partial charge >= 0.3 is 0 Å². The first-order valence-electron chi connectivity index (χ1n) is 5.31. The summed E-state index contributed by atoms with van der Waals surface area (Å²) in [6.07, 6.45) is 2.15. The molecule has 0 saturated heterocycles. The highest BCUT2D eigenvalue weighted by Crippen LogP contribution is 2.22. The molecule has 2 rings (SSSR count). The third-order valence-electron chi connectivity index (χ3n) is 2.51. The molecule has 0 aliphatic rings. The second-order valence-electron chi connectivity index (χ2n) is 3.57. The van der Waals surface area contributed by atoms with E-state index in [4.69, 9.17) is 4.74 Å². The number of hydrogen-bond donors (Lipinski definition) is 0. The molecule has 0 amide bonds. The van der Waals surface area contributed by atoms with E-state index < -0.39 is 0 Å². The SMILES string of the molecule is COc1nc2ccccc2cc1CCN=C=O. The lowest BCUT2D eigenvalue weighted by molar-refractivity contribution is 0.394. The van der Waals surface area contributed by atoms with Crippen molar-refractivity contribution in [3.05, 3.63) is 35.9 Å². The Kier molecular flexibility index (Phi) is 3.48. The second kappa shape index (κ2) is 5.23. The summed E-state index contributed by atoms with van der Waals surface area (Å²) in [6.45, 7) is 0.403. The van der Waals surface area contributed by atoms with Crippen LogP contribution in [-0.2, 0) is 11.2 Å². The summed E-state index contributed by atoms with van der Waals surface area (Å²) >= 11 is 0. The van der Waals surface area contributed by atoms with Crippen molar-refractivity contribution in [3.63, 3.8) is 0 Å². The van der Waals surface area contributed by atoms with Crippen molar-refractivity contribution in [1.82, 2.24) is 4.98 Å². The standard InChI is InChI=1S/C13H12N2O2/c1-17-13-11(6-7-14-9-16)8-10-4-2-3-5-12(10)15-13/h2-5,8H,6-7H2,1H3. The Morgan fingerprint density at radius 2 is 2.24 bits per heavy atom.